The zero-order valence-electron chi connectivity index (χ0n) is 11.5. The van der Waals surface area contributed by atoms with Gasteiger partial charge >= 0.3 is 0 Å². The van der Waals surface area contributed by atoms with E-state index in [4.69, 9.17) is 0 Å². The summed E-state index contributed by atoms with van der Waals surface area (Å²) in [4.78, 5) is 12.2. The van der Waals surface area contributed by atoms with Crippen LogP contribution >= 0.6 is 0 Å². The third-order valence-electron chi connectivity index (χ3n) is 3.31. The lowest BCUT2D eigenvalue weighted by Gasteiger charge is -2.15. The highest BCUT2D eigenvalue weighted by molar-refractivity contribution is 5.83. The Balaban J connectivity index is 1.98. The summed E-state index contributed by atoms with van der Waals surface area (Å²) in [5, 5.41) is 2.91. The number of carbonyl (C=O) groups excluding carboxylic acids is 1. The topological polar surface area (TPSA) is 29.1 Å². The van der Waals surface area contributed by atoms with Crippen molar-refractivity contribution >= 4 is 5.91 Å². The molecule has 0 fully saturated rings. The molecule has 0 aliphatic carbocycles. The van der Waals surface area contributed by atoms with Gasteiger partial charge in [0.2, 0.25) is 5.91 Å². The van der Waals surface area contributed by atoms with Gasteiger partial charge in [0.05, 0.1) is 5.92 Å². The molecule has 0 heterocycles. The van der Waals surface area contributed by atoms with E-state index in [1.807, 2.05) is 37.3 Å². The van der Waals surface area contributed by atoms with E-state index in [-0.39, 0.29) is 17.6 Å². The van der Waals surface area contributed by atoms with Crippen LogP contribution < -0.4 is 5.32 Å². The second-order valence-corrected chi connectivity index (χ2v) is 4.72. The first-order chi connectivity index (χ1) is 9.70. The van der Waals surface area contributed by atoms with Crippen molar-refractivity contribution in [3.8, 4) is 0 Å². The van der Waals surface area contributed by atoms with Gasteiger partial charge in [0, 0.05) is 6.54 Å². The molecule has 0 saturated heterocycles. The Hall–Kier alpha value is -2.16. The number of nitrogens with one attached hydrogen (secondary N) is 1. The van der Waals surface area contributed by atoms with Crippen molar-refractivity contribution in [2.45, 2.75) is 25.8 Å². The van der Waals surface area contributed by atoms with Gasteiger partial charge in [0.25, 0.3) is 0 Å². The van der Waals surface area contributed by atoms with Gasteiger partial charge in [-0.1, -0.05) is 49.4 Å². The van der Waals surface area contributed by atoms with E-state index in [1.54, 1.807) is 12.1 Å². The zero-order valence-corrected chi connectivity index (χ0v) is 11.5. The lowest BCUT2D eigenvalue weighted by Crippen LogP contribution is -2.28. The van der Waals surface area contributed by atoms with E-state index < -0.39 is 0 Å². The van der Waals surface area contributed by atoms with Crippen molar-refractivity contribution in [2.75, 3.05) is 0 Å². The van der Waals surface area contributed by atoms with Gasteiger partial charge in [-0.05, 0) is 29.7 Å². The Bertz CT molecular complexity index is 551. The van der Waals surface area contributed by atoms with Crippen LogP contribution in [0, 0.1) is 5.82 Å². The van der Waals surface area contributed by atoms with Crippen molar-refractivity contribution in [1.29, 1.82) is 0 Å². The molecule has 2 aromatic carbocycles. The van der Waals surface area contributed by atoms with Crippen molar-refractivity contribution in [3.63, 3.8) is 0 Å². The van der Waals surface area contributed by atoms with Gasteiger partial charge in [-0.2, -0.15) is 0 Å². The first-order valence-corrected chi connectivity index (χ1v) is 6.77. The maximum atomic E-state index is 12.8. The molecule has 2 nitrogen and oxygen atoms in total. The number of carbonyl (C=O) groups is 1. The van der Waals surface area contributed by atoms with Crippen molar-refractivity contribution < 1.29 is 9.18 Å². The minimum atomic E-state index is -0.268. The molecule has 0 aromatic heterocycles. The summed E-state index contributed by atoms with van der Waals surface area (Å²) in [6.45, 7) is 2.41. The Morgan fingerprint density at radius 3 is 2.35 bits per heavy atom. The SMILES string of the molecule is CC[C@H](C(=O)NCc1ccc(F)cc1)c1ccccc1. The Morgan fingerprint density at radius 2 is 1.75 bits per heavy atom. The van der Waals surface area contributed by atoms with Crippen LogP contribution in [0.25, 0.3) is 0 Å². The van der Waals surface area contributed by atoms with Gasteiger partial charge in [-0.15, -0.1) is 0 Å². The van der Waals surface area contributed by atoms with Crippen LogP contribution in [-0.2, 0) is 11.3 Å². The molecular formula is C17H18FNO. The summed E-state index contributed by atoms with van der Waals surface area (Å²) in [6, 6.07) is 15.9. The van der Waals surface area contributed by atoms with E-state index >= 15 is 0 Å². The van der Waals surface area contributed by atoms with Gasteiger partial charge < -0.3 is 5.32 Å². The molecule has 0 bridgehead atoms. The monoisotopic (exact) mass is 271 g/mol. The normalized spacial score (nSPS) is 11.9. The predicted molar refractivity (Wildman–Crippen MR) is 77.7 cm³/mol. The molecule has 0 radical (unpaired) electrons. The summed E-state index contributed by atoms with van der Waals surface area (Å²) in [6.07, 6.45) is 0.749. The fourth-order valence-corrected chi connectivity index (χ4v) is 2.17. The van der Waals surface area contributed by atoms with Crippen LogP contribution in [0.5, 0.6) is 0 Å². The third-order valence-corrected chi connectivity index (χ3v) is 3.31. The standard InChI is InChI=1S/C17H18FNO/c1-2-16(14-6-4-3-5-7-14)17(20)19-12-13-8-10-15(18)11-9-13/h3-11,16H,2,12H2,1H3,(H,19,20)/t16-/m0/s1. The van der Waals surface area contributed by atoms with Crippen LogP contribution in [0.2, 0.25) is 0 Å². The lowest BCUT2D eigenvalue weighted by molar-refractivity contribution is -0.122. The Morgan fingerprint density at radius 1 is 1.10 bits per heavy atom. The van der Waals surface area contributed by atoms with Gasteiger partial charge in [0.15, 0.2) is 0 Å². The van der Waals surface area contributed by atoms with E-state index in [1.165, 1.54) is 12.1 Å². The molecule has 0 unspecified atom stereocenters. The molecule has 3 heteroatoms. The molecule has 1 atom stereocenters. The van der Waals surface area contributed by atoms with E-state index in [2.05, 4.69) is 5.32 Å². The van der Waals surface area contributed by atoms with E-state index in [0.717, 1.165) is 17.5 Å². The summed E-state index contributed by atoms with van der Waals surface area (Å²) in [7, 11) is 0. The van der Waals surface area contributed by atoms with Gasteiger partial charge in [0.1, 0.15) is 5.82 Å². The summed E-state index contributed by atoms with van der Waals surface area (Å²) in [5.41, 5.74) is 1.91. The molecule has 0 aliphatic rings. The summed E-state index contributed by atoms with van der Waals surface area (Å²) < 4.78 is 12.8. The average molecular weight is 271 g/mol. The first-order valence-electron chi connectivity index (χ1n) is 6.77. The number of benzene rings is 2. The molecule has 2 rings (SSSR count). The highest BCUT2D eigenvalue weighted by atomic mass is 19.1. The van der Waals surface area contributed by atoms with Crippen molar-refractivity contribution in [2.24, 2.45) is 0 Å². The number of rotatable bonds is 5. The second-order valence-electron chi connectivity index (χ2n) is 4.72. The average Bonchev–Trinajstić information content (AvgIpc) is 2.48. The second kappa shape index (κ2) is 6.85. The molecule has 0 saturated carbocycles. The molecule has 1 N–H and O–H groups in total. The van der Waals surface area contributed by atoms with E-state index in [0.29, 0.717) is 6.54 Å². The summed E-state index contributed by atoms with van der Waals surface area (Å²) in [5.74, 6) is -0.407. The zero-order chi connectivity index (χ0) is 14.4. The number of hydrogen-bond acceptors (Lipinski definition) is 1. The van der Waals surface area contributed by atoms with Gasteiger partial charge in [-0.25, -0.2) is 4.39 Å². The van der Waals surface area contributed by atoms with Crippen LogP contribution in [0.15, 0.2) is 54.6 Å². The largest absolute Gasteiger partial charge is 0.351 e. The molecule has 0 spiro atoms. The molecule has 1 amide bonds. The molecule has 20 heavy (non-hydrogen) atoms. The summed E-state index contributed by atoms with van der Waals surface area (Å²) >= 11 is 0. The molecule has 0 aliphatic heterocycles. The Labute approximate surface area is 118 Å². The maximum absolute atomic E-state index is 12.8. The van der Waals surface area contributed by atoms with Gasteiger partial charge in [-0.3, -0.25) is 4.79 Å². The van der Waals surface area contributed by atoms with Crippen LogP contribution in [0.3, 0.4) is 0 Å². The maximum Gasteiger partial charge on any atom is 0.227 e. The minimum Gasteiger partial charge on any atom is -0.351 e. The fourth-order valence-electron chi connectivity index (χ4n) is 2.17. The number of halogens is 1. The predicted octanol–water partition coefficient (Wildman–Crippen LogP) is 3.64. The van der Waals surface area contributed by atoms with Crippen LogP contribution in [0.1, 0.15) is 30.4 Å². The van der Waals surface area contributed by atoms with E-state index in [9.17, 15) is 9.18 Å². The highest BCUT2D eigenvalue weighted by Crippen LogP contribution is 2.19. The van der Waals surface area contributed by atoms with Crippen LogP contribution in [0.4, 0.5) is 4.39 Å². The van der Waals surface area contributed by atoms with Crippen molar-refractivity contribution in [3.05, 3.63) is 71.5 Å². The molecule has 2 aromatic rings. The fraction of sp³-hybridized carbons (Fsp3) is 0.235. The quantitative estimate of drug-likeness (QED) is 0.884. The highest BCUT2D eigenvalue weighted by Gasteiger charge is 2.17. The minimum absolute atomic E-state index is 0.00280. The number of hydrogen-bond donors (Lipinski definition) is 1. The first kappa shape index (κ1) is 14.3. The Kier molecular flexibility index (Phi) is 4.88. The smallest absolute Gasteiger partial charge is 0.227 e. The molecular weight excluding hydrogens is 253 g/mol. The third kappa shape index (κ3) is 3.67. The van der Waals surface area contributed by atoms with Crippen molar-refractivity contribution in [1.82, 2.24) is 5.32 Å². The van der Waals surface area contributed by atoms with Crippen LogP contribution in [-0.4, -0.2) is 5.91 Å². The molecule has 104 valence electrons. The number of amides is 1. The lowest BCUT2D eigenvalue weighted by atomic mass is 9.95.